The molecule has 0 aromatic carbocycles. The fraction of sp³-hybridized carbons (Fsp3) is 0.688. The number of hydrogen-bond acceptors (Lipinski definition) is 6. The van der Waals surface area contributed by atoms with Crippen LogP contribution in [-0.2, 0) is 9.47 Å². The van der Waals surface area contributed by atoms with Crippen molar-refractivity contribution in [1.82, 2.24) is 14.5 Å². The summed E-state index contributed by atoms with van der Waals surface area (Å²) < 4.78 is 12.3. The Morgan fingerprint density at radius 1 is 1.54 bits per heavy atom. The molecule has 0 aliphatic carbocycles. The number of ether oxygens (including phenoxy) is 2. The zero-order chi connectivity index (χ0) is 18.0. The van der Waals surface area contributed by atoms with Crippen molar-refractivity contribution in [2.24, 2.45) is 4.99 Å². The molecule has 1 aromatic rings. The summed E-state index contributed by atoms with van der Waals surface area (Å²) in [5.41, 5.74) is 0.261. The number of methoxy groups -OCH3 is 1. The average molecular weight is 338 g/mol. The SMILES string of the molecule is CCC(=Nc1nc(=O)n(C2OC(C)C(O)C2OC)cc1C)N(C)C. The van der Waals surface area contributed by atoms with Gasteiger partial charge in [0.25, 0.3) is 0 Å². The Labute approximate surface area is 141 Å². The second kappa shape index (κ2) is 7.42. The van der Waals surface area contributed by atoms with Crippen molar-refractivity contribution >= 4 is 11.7 Å². The van der Waals surface area contributed by atoms with E-state index in [9.17, 15) is 9.90 Å². The molecule has 4 atom stereocenters. The van der Waals surface area contributed by atoms with Gasteiger partial charge in [-0.15, -0.1) is 0 Å². The molecule has 0 spiro atoms. The molecule has 24 heavy (non-hydrogen) atoms. The normalized spacial score (nSPS) is 27.5. The molecule has 0 bridgehead atoms. The Kier molecular flexibility index (Phi) is 5.74. The summed E-state index contributed by atoms with van der Waals surface area (Å²) in [5.74, 6) is 1.22. The van der Waals surface area contributed by atoms with Crippen molar-refractivity contribution in [3.63, 3.8) is 0 Å². The third kappa shape index (κ3) is 3.50. The number of aliphatic hydroxyl groups is 1. The molecule has 4 unspecified atom stereocenters. The molecule has 2 rings (SSSR count). The van der Waals surface area contributed by atoms with Gasteiger partial charge in [0, 0.05) is 39.4 Å². The van der Waals surface area contributed by atoms with E-state index in [2.05, 4.69) is 9.98 Å². The van der Waals surface area contributed by atoms with Crippen molar-refractivity contribution in [3.8, 4) is 0 Å². The highest BCUT2D eigenvalue weighted by Gasteiger charge is 2.43. The zero-order valence-corrected chi connectivity index (χ0v) is 15.1. The third-order valence-corrected chi connectivity index (χ3v) is 4.17. The minimum absolute atomic E-state index is 0.391. The standard InChI is InChI=1S/C16H26N4O4/c1-7-11(19(4)5)17-14-9(2)8-20(16(22)18-14)15-13(23-6)12(21)10(3)24-15/h8,10,12-13,15,21H,7H2,1-6H3. The Morgan fingerprint density at radius 3 is 2.75 bits per heavy atom. The van der Waals surface area contributed by atoms with Gasteiger partial charge >= 0.3 is 5.69 Å². The van der Waals surface area contributed by atoms with E-state index in [-0.39, 0.29) is 0 Å². The van der Waals surface area contributed by atoms with Gasteiger partial charge in [-0.3, -0.25) is 4.57 Å². The average Bonchev–Trinajstić information content (AvgIpc) is 2.82. The monoisotopic (exact) mass is 338 g/mol. The highest BCUT2D eigenvalue weighted by atomic mass is 16.6. The minimum Gasteiger partial charge on any atom is -0.388 e. The highest BCUT2D eigenvalue weighted by molar-refractivity contribution is 5.84. The smallest absolute Gasteiger partial charge is 0.351 e. The maximum Gasteiger partial charge on any atom is 0.351 e. The Hall–Kier alpha value is -1.77. The van der Waals surface area contributed by atoms with Gasteiger partial charge in [0.1, 0.15) is 18.0 Å². The molecule has 8 heteroatoms. The second-order valence-corrected chi connectivity index (χ2v) is 6.14. The fourth-order valence-electron chi connectivity index (χ4n) is 2.76. The predicted octanol–water partition coefficient (Wildman–Crippen LogP) is 0.847. The van der Waals surface area contributed by atoms with Crippen molar-refractivity contribution < 1.29 is 14.6 Å². The molecule has 1 aliphatic heterocycles. The quantitative estimate of drug-likeness (QED) is 0.647. The highest BCUT2D eigenvalue weighted by Crippen LogP contribution is 2.30. The summed E-state index contributed by atoms with van der Waals surface area (Å²) in [4.78, 5) is 22.9. The van der Waals surface area contributed by atoms with Crippen molar-refractivity contribution in [2.75, 3.05) is 21.2 Å². The molecule has 0 amide bonds. The van der Waals surface area contributed by atoms with E-state index in [1.807, 2.05) is 32.8 Å². The topological polar surface area (TPSA) is 89.2 Å². The maximum absolute atomic E-state index is 12.4. The van der Waals surface area contributed by atoms with Crippen LogP contribution in [0.2, 0.25) is 0 Å². The summed E-state index contributed by atoms with van der Waals surface area (Å²) in [5, 5.41) is 10.1. The predicted molar refractivity (Wildman–Crippen MR) is 90.7 cm³/mol. The summed E-state index contributed by atoms with van der Waals surface area (Å²) >= 11 is 0. The van der Waals surface area contributed by atoms with Crippen LogP contribution in [0.1, 0.15) is 32.1 Å². The van der Waals surface area contributed by atoms with Crippen LogP contribution in [0.5, 0.6) is 0 Å². The zero-order valence-electron chi connectivity index (χ0n) is 15.1. The Balaban J connectivity index is 2.42. The molecule has 1 aliphatic rings. The van der Waals surface area contributed by atoms with E-state index in [1.54, 1.807) is 13.1 Å². The van der Waals surface area contributed by atoms with E-state index >= 15 is 0 Å². The van der Waals surface area contributed by atoms with E-state index in [0.29, 0.717) is 5.82 Å². The minimum atomic E-state index is -0.801. The van der Waals surface area contributed by atoms with Gasteiger partial charge in [0.15, 0.2) is 12.0 Å². The lowest BCUT2D eigenvalue weighted by Crippen LogP contribution is -2.36. The van der Waals surface area contributed by atoms with E-state index < -0.39 is 30.2 Å². The lowest BCUT2D eigenvalue weighted by atomic mass is 10.1. The van der Waals surface area contributed by atoms with Crippen molar-refractivity contribution in [1.29, 1.82) is 0 Å². The van der Waals surface area contributed by atoms with Gasteiger partial charge in [-0.25, -0.2) is 9.79 Å². The largest absolute Gasteiger partial charge is 0.388 e. The molecule has 0 saturated carbocycles. The van der Waals surface area contributed by atoms with Crippen LogP contribution in [0.3, 0.4) is 0 Å². The molecule has 0 radical (unpaired) electrons. The Bertz CT molecular complexity index is 671. The van der Waals surface area contributed by atoms with Crippen LogP contribution in [0.25, 0.3) is 0 Å². The number of aromatic nitrogens is 2. The van der Waals surface area contributed by atoms with E-state index in [1.165, 1.54) is 11.7 Å². The molecule has 8 nitrogen and oxygen atoms in total. The molecular weight excluding hydrogens is 312 g/mol. The second-order valence-electron chi connectivity index (χ2n) is 6.14. The first kappa shape index (κ1) is 18.6. The summed E-state index contributed by atoms with van der Waals surface area (Å²) in [6.45, 7) is 5.57. The first-order chi connectivity index (χ1) is 11.3. The number of aliphatic imine (C=N–C) groups is 1. The Morgan fingerprint density at radius 2 is 2.21 bits per heavy atom. The number of amidine groups is 1. The van der Waals surface area contributed by atoms with E-state index in [0.717, 1.165) is 17.8 Å². The van der Waals surface area contributed by atoms with E-state index in [4.69, 9.17) is 9.47 Å². The first-order valence-electron chi connectivity index (χ1n) is 8.01. The lowest BCUT2D eigenvalue weighted by molar-refractivity contribution is -0.0516. The summed E-state index contributed by atoms with van der Waals surface area (Å²) in [6.07, 6.45) is -0.176. The van der Waals surface area contributed by atoms with Gasteiger partial charge in [0.05, 0.1) is 6.10 Å². The maximum atomic E-state index is 12.4. The molecule has 1 fully saturated rings. The van der Waals surface area contributed by atoms with Crippen LogP contribution < -0.4 is 5.69 Å². The van der Waals surface area contributed by atoms with Crippen LogP contribution in [0.4, 0.5) is 5.82 Å². The van der Waals surface area contributed by atoms with Crippen molar-refractivity contribution in [3.05, 3.63) is 22.2 Å². The van der Waals surface area contributed by atoms with Crippen LogP contribution in [-0.4, -0.2) is 64.9 Å². The third-order valence-electron chi connectivity index (χ3n) is 4.17. The number of aliphatic hydroxyl groups excluding tert-OH is 1. The van der Waals surface area contributed by atoms with Gasteiger partial charge in [0.2, 0.25) is 0 Å². The molecule has 1 aromatic heterocycles. The number of hydrogen-bond donors (Lipinski definition) is 1. The van der Waals surface area contributed by atoms with Crippen molar-refractivity contribution in [2.45, 2.75) is 51.7 Å². The fourth-order valence-corrected chi connectivity index (χ4v) is 2.76. The molecule has 1 N–H and O–H groups in total. The number of nitrogens with zero attached hydrogens (tertiary/aromatic N) is 4. The van der Waals surface area contributed by atoms with Crippen LogP contribution >= 0.6 is 0 Å². The van der Waals surface area contributed by atoms with Crippen LogP contribution in [0.15, 0.2) is 16.0 Å². The van der Waals surface area contributed by atoms with Gasteiger partial charge in [-0.1, -0.05) is 6.92 Å². The lowest BCUT2D eigenvalue weighted by Gasteiger charge is -2.21. The molecule has 1 saturated heterocycles. The molecular formula is C16H26N4O4. The number of rotatable bonds is 4. The molecule has 2 heterocycles. The molecule has 134 valence electrons. The van der Waals surface area contributed by atoms with Gasteiger partial charge < -0.3 is 19.5 Å². The summed E-state index contributed by atoms with van der Waals surface area (Å²) in [7, 11) is 5.28. The summed E-state index contributed by atoms with van der Waals surface area (Å²) in [6, 6.07) is 0. The van der Waals surface area contributed by atoms with Gasteiger partial charge in [-0.2, -0.15) is 4.98 Å². The van der Waals surface area contributed by atoms with Gasteiger partial charge in [-0.05, 0) is 13.8 Å². The first-order valence-corrected chi connectivity index (χ1v) is 8.01. The number of aryl methyl sites for hydroxylation is 1. The van der Waals surface area contributed by atoms with Crippen LogP contribution in [0, 0.1) is 6.92 Å².